The van der Waals surface area contributed by atoms with Gasteiger partial charge in [0.2, 0.25) is 0 Å². The average molecular weight is 294 g/mol. The van der Waals surface area contributed by atoms with Gasteiger partial charge in [-0.15, -0.1) is 0 Å². The van der Waals surface area contributed by atoms with Crippen molar-refractivity contribution >= 4 is 34.8 Å². The highest BCUT2D eigenvalue weighted by atomic mass is 35.5. The van der Waals surface area contributed by atoms with Crippen LogP contribution in [0, 0.1) is 0 Å². The largest absolute Gasteiger partial charge is 0.322 e. The van der Waals surface area contributed by atoms with Crippen molar-refractivity contribution in [2.75, 3.05) is 5.32 Å². The van der Waals surface area contributed by atoms with Gasteiger partial charge in [-0.1, -0.05) is 48.3 Å². The minimum absolute atomic E-state index is 0.234. The van der Waals surface area contributed by atoms with Gasteiger partial charge >= 0.3 is 0 Å². The number of hydrogen-bond donors (Lipinski definition) is 1. The third-order valence-corrected chi connectivity index (χ3v) is 3.37. The van der Waals surface area contributed by atoms with Crippen LogP contribution in [-0.4, -0.2) is 5.91 Å². The quantitative estimate of drug-likeness (QED) is 0.865. The van der Waals surface area contributed by atoms with E-state index >= 15 is 0 Å². The molecule has 0 aliphatic carbocycles. The van der Waals surface area contributed by atoms with Gasteiger partial charge < -0.3 is 5.32 Å². The predicted octanol–water partition coefficient (Wildman–Crippen LogP) is 4.81. The molecule has 2 rings (SSSR count). The summed E-state index contributed by atoms with van der Waals surface area (Å²) in [4.78, 5) is 12.2. The van der Waals surface area contributed by atoms with Crippen molar-refractivity contribution < 1.29 is 4.79 Å². The van der Waals surface area contributed by atoms with Gasteiger partial charge in [0, 0.05) is 10.7 Å². The maximum Gasteiger partial charge on any atom is 0.257 e. The molecule has 0 bridgehead atoms. The highest BCUT2D eigenvalue weighted by Gasteiger charge is 2.12. The Labute approximate surface area is 122 Å². The molecule has 0 radical (unpaired) electrons. The Morgan fingerprint density at radius 3 is 2.58 bits per heavy atom. The molecule has 0 aliphatic heterocycles. The Bertz CT molecular complexity index is 611. The van der Waals surface area contributed by atoms with E-state index in [4.69, 9.17) is 23.2 Å². The second-order valence-electron chi connectivity index (χ2n) is 4.09. The number of rotatable bonds is 3. The summed E-state index contributed by atoms with van der Waals surface area (Å²) in [5.74, 6) is -0.234. The predicted molar refractivity (Wildman–Crippen MR) is 80.2 cm³/mol. The maximum absolute atomic E-state index is 12.2. The summed E-state index contributed by atoms with van der Waals surface area (Å²) in [6, 6.07) is 12.5. The number of amides is 1. The molecule has 2 nitrogen and oxygen atoms in total. The standard InChI is InChI=1S/C15H13Cl2NO/c1-2-10-5-3-4-6-14(10)18-15(19)12-8-7-11(16)9-13(12)17/h3-9H,2H2,1H3,(H,18,19). The molecule has 0 atom stereocenters. The maximum atomic E-state index is 12.2. The zero-order valence-electron chi connectivity index (χ0n) is 10.4. The van der Waals surface area contributed by atoms with Crippen molar-refractivity contribution in [3.8, 4) is 0 Å². The van der Waals surface area contributed by atoms with Crippen LogP contribution in [0.25, 0.3) is 0 Å². The van der Waals surface area contributed by atoms with Crippen molar-refractivity contribution in [1.29, 1.82) is 0 Å². The third kappa shape index (κ3) is 3.28. The Morgan fingerprint density at radius 1 is 1.16 bits per heavy atom. The molecule has 0 heterocycles. The molecular weight excluding hydrogens is 281 g/mol. The Hall–Kier alpha value is -1.51. The van der Waals surface area contributed by atoms with Gasteiger partial charge in [-0.3, -0.25) is 4.79 Å². The minimum Gasteiger partial charge on any atom is -0.322 e. The highest BCUT2D eigenvalue weighted by Crippen LogP contribution is 2.23. The number of nitrogens with one attached hydrogen (secondary N) is 1. The number of benzene rings is 2. The molecule has 0 aliphatic rings. The van der Waals surface area contributed by atoms with E-state index in [9.17, 15) is 4.79 Å². The summed E-state index contributed by atoms with van der Waals surface area (Å²) >= 11 is 11.8. The highest BCUT2D eigenvalue weighted by molar-refractivity contribution is 6.37. The molecule has 0 fully saturated rings. The summed E-state index contributed by atoms with van der Waals surface area (Å²) in [6.07, 6.45) is 0.852. The normalized spacial score (nSPS) is 10.3. The van der Waals surface area contributed by atoms with Crippen molar-refractivity contribution in [3.05, 3.63) is 63.6 Å². The molecule has 4 heteroatoms. The summed E-state index contributed by atoms with van der Waals surface area (Å²) in [7, 11) is 0. The monoisotopic (exact) mass is 293 g/mol. The molecule has 98 valence electrons. The van der Waals surface area contributed by atoms with Gasteiger partial charge in [0.05, 0.1) is 10.6 Å². The van der Waals surface area contributed by atoms with Crippen LogP contribution in [0.1, 0.15) is 22.8 Å². The fourth-order valence-electron chi connectivity index (χ4n) is 1.81. The van der Waals surface area contributed by atoms with Crippen LogP contribution in [0.3, 0.4) is 0 Å². The molecule has 0 unspecified atom stereocenters. The zero-order chi connectivity index (χ0) is 13.8. The number of anilines is 1. The third-order valence-electron chi connectivity index (χ3n) is 2.82. The minimum atomic E-state index is -0.234. The molecule has 1 amide bonds. The number of para-hydroxylation sites is 1. The van der Waals surface area contributed by atoms with Gasteiger partial charge in [-0.25, -0.2) is 0 Å². The smallest absolute Gasteiger partial charge is 0.257 e. The lowest BCUT2D eigenvalue weighted by atomic mass is 10.1. The first-order chi connectivity index (χ1) is 9.11. The van der Waals surface area contributed by atoms with Gasteiger partial charge in [0.1, 0.15) is 0 Å². The van der Waals surface area contributed by atoms with Crippen molar-refractivity contribution in [1.82, 2.24) is 0 Å². The van der Waals surface area contributed by atoms with Crippen molar-refractivity contribution in [2.45, 2.75) is 13.3 Å². The Kier molecular flexibility index (Phi) is 4.46. The topological polar surface area (TPSA) is 29.1 Å². The average Bonchev–Trinajstić information content (AvgIpc) is 2.39. The van der Waals surface area contributed by atoms with E-state index in [1.807, 2.05) is 31.2 Å². The summed E-state index contributed by atoms with van der Waals surface area (Å²) < 4.78 is 0. The fourth-order valence-corrected chi connectivity index (χ4v) is 2.31. The molecule has 2 aromatic carbocycles. The second-order valence-corrected chi connectivity index (χ2v) is 4.93. The number of halogens is 2. The van der Waals surface area contributed by atoms with E-state index in [1.54, 1.807) is 18.2 Å². The lowest BCUT2D eigenvalue weighted by Crippen LogP contribution is -2.13. The number of hydrogen-bond acceptors (Lipinski definition) is 1. The van der Waals surface area contributed by atoms with E-state index < -0.39 is 0 Å². The number of aryl methyl sites for hydroxylation is 1. The molecule has 0 saturated heterocycles. The van der Waals surface area contributed by atoms with E-state index in [0.29, 0.717) is 15.6 Å². The fraction of sp³-hybridized carbons (Fsp3) is 0.133. The Morgan fingerprint density at radius 2 is 1.89 bits per heavy atom. The van der Waals surface area contributed by atoms with E-state index in [2.05, 4.69) is 5.32 Å². The molecule has 1 N–H and O–H groups in total. The first-order valence-corrected chi connectivity index (χ1v) is 6.71. The van der Waals surface area contributed by atoms with Gasteiger partial charge in [-0.2, -0.15) is 0 Å². The first kappa shape index (κ1) is 13.9. The number of carbonyl (C=O) groups excluding carboxylic acids is 1. The van der Waals surface area contributed by atoms with Gasteiger partial charge in [-0.05, 0) is 36.2 Å². The van der Waals surface area contributed by atoms with E-state index in [1.165, 1.54) is 0 Å². The lowest BCUT2D eigenvalue weighted by Gasteiger charge is -2.10. The molecule has 2 aromatic rings. The van der Waals surface area contributed by atoms with Crippen LogP contribution >= 0.6 is 23.2 Å². The Balaban J connectivity index is 2.26. The molecule has 0 spiro atoms. The van der Waals surface area contributed by atoms with Gasteiger partial charge in [0.15, 0.2) is 0 Å². The summed E-state index contributed by atoms with van der Waals surface area (Å²) in [5.41, 5.74) is 2.30. The molecular formula is C15H13Cl2NO. The molecule has 0 saturated carbocycles. The van der Waals surface area contributed by atoms with Crippen LogP contribution in [0.2, 0.25) is 10.0 Å². The first-order valence-electron chi connectivity index (χ1n) is 5.96. The zero-order valence-corrected chi connectivity index (χ0v) is 11.9. The van der Waals surface area contributed by atoms with Crippen LogP contribution < -0.4 is 5.32 Å². The lowest BCUT2D eigenvalue weighted by molar-refractivity contribution is 0.102. The summed E-state index contributed by atoms with van der Waals surface area (Å²) in [5, 5.41) is 3.73. The second kappa shape index (κ2) is 6.09. The SMILES string of the molecule is CCc1ccccc1NC(=O)c1ccc(Cl)cc1Cl. The molecule has 0 aromatic heterocycles. The van der Waals surface area contributed by atoms with Crippen LogP contribution in [-0.2, 0) is 6.42 Å². The van der Waals surface area contributed by atoms with Crippen LogP contribution in [0.4, 0.5) is 5.69 Å². The summed E-state index contributed by atoms with van der Waals surface area (Å²) in [6.45, 7) is 2.04. The number of carbonyl (C=O) groups is 1. The molecule has 19 heavy (non-hydrogen) atoms. The van der Waals surface area contributed by atoms with E-state index in [0.717, 1.165) is 17.7 Å². The van der Waals surface area contributed by atoms with Crippen LogP contribution in [0.5, 0.6) is 0 Å². The van der Waals surface area contributed by atoms with Crippen molar-refractivity contribution in [3.63, 3.8) is 0 Å². The van der Waals surface area contributed by atoms with E-state index in [-0.39, 0.29) is 5.91 Å². The van der Waals surface area contributed by atoms with Crippen molar-refractivity contribution in [2.24, 2.45) is 0 Å². The van der Waals surface area contributed by atoms with Gasteiger partial charge in [0.25, 0.3) is 5.91 Å². The van der Waals surface area contributed by atoms with Crippen LogP contribution in [0.15, 0.2) is 42.5 Å².